The number of nitrogens with one attached hydrogen (secondary N) is 2. The first-order chi connectivity index (χ1) is 13.2. The van der Waals surface area contributed by atoms with E-state index >= 15 is 0 Å². The van der Waals surface area contributed by atoms with Gasteiger partial charge in [0.2, 0.25) is 11.8 Å². The van der Waals surface area contributed by atoms with Gasteiger partial charge in [0.15, 0.2) is 16.8 Å². The van der Waals surface area contributed by atoms with E-state index < -0.39 is 17.5 Å². The SMILES string of the molecule is Cc1nc(SCC(=O)NCC(=O)Nc2ccc(F)c(F)c2)n(CC(C)C)c1C. The van der Waals surface area contributed by atoms with Crippen molar-refractivity contribution >= 4 is 29.3 Å². The Morgan fingerprint density at radius 1 is 1.18 bits per heavy atom. The Labute approximate surface area is 167 Å². The van der Waals surface area contributed by atoms with Crippen molar-refractivity contribution in [1.82, 2.24) is 14.9 Å². The van der Waals surface area contributed by atoms with Gasteiger partial charge < -0.3 is 15.2 Å². The van der Waals surface area contributed by atoms with E-state index in [0.717, 1.165) is 35.2 Å². The summed E-state index contributed by atoms with van der Waals surface area (Å²) in [6.45, 7) is 8.70. The fourth-order valence-corrected chi connectivity index (χ4v) is 3.38. The van der Waals surface area contributed by atoms with Gasteiger partial charge in [0.25, 0.3) is 0 Å². The summed E-state index contributed by atoms with van der Waals surface area (Å²) >= 11 is 1.31. The Balaban J connectivity index is 1.83. The second kappa shape index (κ2) is 9.68. The van der Waals surface area contributed by atoms with Crippen LogP contribution in [0.4, 0.5) is 14.5 Å². The Kier molecular flexibility index (Phi) is 7.56. The van der Waals surface area contributed by atoms with Crippen LogP contribution in [0.1, 0.15) is 25.2 Å². The molecule has 28 heavy (non-hydrogen) atoms. The number of carbonyl (C=O) groups excluding carboxylic acids is 2. The molecule has 0 aliphatic heterocycles. The Morgan fingerprint density at radius 2 is 1.89 bits per heavy atom. The van der Waals surface area contributed by atoms with Crippen LogP contribution in [0.3, 0.4) is 0 Å². The molecule has 2 aromatic rings. The minimum Gasteiger partial charge on any atom is -0.346 e. The largest absolute Gasteiger partial charge is 0.346 e. The summed E-state index contributed by atoms with van der Waals surface area (Å²) < 4.78 is 28.1. The number of anilines is 1. The molecule has 2 rings (SSSR count). The molecule has 2 amide bonds. The second-order valence-corrected chi connectivity index (χ2v) is 7.75. The number of hydrogen-bond donors (Lipinski definition) is 2. The van der Waals surface area contributed by atoms with Crippen LogP contribution in [0, 0.1) is 31.4 Å². The molecule has 0 aliphatic rings. The second-order valence-electron chi connectivity index (χ2n) is 6.81. The van der Waals surface area contributed by atoms with Gasteiger partial charge in [-0.15, -0.1) is 0 Å². The van der Waals surface area contributed by atoms with Gasteiger partial charge in [0.1, 0.15) is 0 Å². The monoisotopic (exact) mass is 410 g/mol. The molecule has 0 unspecified atom stereocenters. The third-order valence-electron chi connectivity index (χ3n) is 3.95. The van der Waals surface area contributed by atoms with Crippen LogP contribution in [0.15, 0.2) is 23.4 Å². The highest BCUT2D eigenvalue weighted by Gasteiger charge is 2.15. The van der Waals surface area contributed by atoms with E-state index in [-0.39, 0.29) is 23.9 Å². The lowest BCUT2D eigenvalue weighted by atomic mass is 10.2. The van der Waals surface area contributed by atoms with Crippen molar-refractivity contribution < 1.29 is 18.4 Å². The molecule has 0 saturated heterocycles. The fourth-order valence-electron chi connectivity index (χ4n) is 2.45. The Morgan fingerprint density at radius 3 is 2.54 bits per heavy atom. The first-order valence-electron chi connectivity index (χ1n) is 8.85. The smallest absolute Gasteiger partial charge is 0.243 e. The molecule has 1 aromatic carbocycles. The molecule has 1 aromatic heterocycles. The number of imidazole rings is 1. The van der Waals surface area contributed by atoms with Gasteiger partial charge in [-0.3, -0.25) is 9.59 Å². The minimum absolute atomic E-state index is 0.118. The quantitative estimate of drug-likeness (QED) is 0.655. The van der Waals surface area contributed by atoms with Crippen LogP contribution in [-0.2, 0) is 16.1 Å². The zero-order valence-corrected chi connectivity index (χ0v) is 17.1. The summed E-state index contributed by atoms with van der Waals surface area (Å²) in [5.74, 6) is -2.34. The Hall–Kier alpha value is -2.42. The van der Waals surface area contributed by atoms with Gasteiger partial charge >= 0.3 is 0 Å². The van der Waals surface area contributed by atoms with Crippen LogP contribution in [-0.4, -0.2) is 33.7 Å². The van der Waals surface area contributed by atoms with Crippen molar-refractivity contribution in [2.75, 3.05) is 17.6 Å². The molecule has 0 radical (unpaired) electrons. The standard InChI is InChI=1S/C19H24F2N4O2S/c1-11(2)9-25-13(4)12(3)23-19(25)28-10-18(27)22-8-17(26)24-14-5-6-15(20)16(21)7-14/h5-7,11H,8-10H2,1-4H3,(H,22,27)(H,24,26). The van der Waals surface area contributed by atoms with Crippen molar-refractivity contribution in [2.24, 2.45) is 5.92 Å². The number of halogens is 2. The van der Waals surface area contributed by atoms with Crippen LogP contribution in [0.5, 0.6) is 0 Å². The predicted molar refractivity (Wildman–Crippen MR) is 105 cm³/mol. The molecule has 152 valence electrons. The lowest BCUT2D eigenvalue weighted by molar-refractivity contribution is -0.122. The minimum atomic E-state index is -1.05. The lowest BCUT2D eigenvalue weighted by Crippen LogP contribution is -2.34. The van der Waals surface area contributed by atoms with Crippen molar-refractivity contribution in [1.29, 1.82) is 0 Å². The highest BCUT2D eigenvalue weighted by atomic mass is 32.2. The van der Waals surface area contributed by atoms with E-state index in [2.05, 4.69) is 34.0 Å². The molecule has 0 bridgehead atoms. The topological polar surface area (TPSA) is 76.0 Å². The number of aryl methyl sites for hydroxylation is 1. The number of thioether (sulfide) groups is 1. The number of benzene rings is 1. The van der Waals surface area contributed by atoms with E-state index in [1.165, 1.54) is 17.8 Å². The predicted octanol–water partition coefficient (Wildman–Crippen LogP) is 3.28. The lowest BCUT2D eigenvalue weighted by Gasteiger charge is -2.12. The molecule has 0 fully saturated rings. The normalized spacial score (nSPS) is 11.0. The van der Waals surface area contributed by atoms with E-state index in [1.807, 2.05) is 13.8 Å². The van der Waals surface area contributed by atoms with Gasteiger partial charge in [-0.05, 0) is 31.9 Å². The van der Waals surface area contributed by atoms with E-state index in [9.17, 15) is 18.4 Å². The number of rotatable bonds is 8. The van der Waals surface area contributed by atoms with Crippen molar-refractivity contribution in [3.8, 4) is 0 Å². The maximum atomic E-state index is 13.1. The average molecular weight is 410 g/mol. The first kappa shape index (κ1) is 21.9. The number of hydrogen-bond acceptors (Lipinski definition) is 4. The van der Waals surface area contributed by atoms with Crippen LogP contribution in [0.2, 0.25) is 0 Å². The zero-order valence-electron chi connectivity index (χ0n) is 16.3. The van der Waals surface area contributed by atoms with Crippen molar-refractivity contribution in [2.45, 2.75) is 39.4 Å². The van der Waals surface area contributed by atoms with E-state index in [0.29, 0.717) is 5.92 Å². The van der Waals surface area contributed by atoms with Crippen molar-refractivity contribution in [3.63, 3.8) is 0 Å². The summed E-state index contributed by atoms with van der Waals surface area (Å²) in [6.07, 6.45) is 0. The molecular weight excluding hydrogens is 386 g/mol. The summed E-state index contributed by atoms with van der Waals surface area (Å²) in [7, 11) is 0. The molecule has 1 heterocycles. The third kappa shape index (κ3) is 6.05. The van der Waals surface area contributed by atoms with Gasteiger partial charge in [-0.2, -0.15) is 0 Å². The van der Waals surface area contributed by atoms with Crippen LogP contribution in [0.25, 0.3) is 0 Å². The average Bonchev–Trinajstić information content (AvgIpc) is 2.88. The molecule has 0 saturated carbocycles. The highest BCUT2D eigenvalue weighted by Crippen LogP contribution is 2.22. The summed E-state index contributed by atoms with van der Waals surface area (Å²) in [5, 5.41) is 5.67. The maximum Gasteiger partial charge on any atom is 0.243 e. The number of carbonyl (C=O) groups is 2. The fraction of sp³-hybridized carbons (Fsp3) is 0.421. The molecule has 9 heteroatoms. The molecule has 0 spiro atoms. The van der Waals surface area contributed by atoms with Gasteiger partial charge in [-0.25, -0.2) is 13.8 Å². The first-order valence-corrected chi connectivity index (χ1v) is 9.84. The molecule has 0 aliphatic carbocycles. The van der Waals surface area contributed by atoms with Gasteiger partial charge in [-0.1, -0.05) is 25.6 Å². The molecule has 6 nitrogen and oxygen atoms in total. The summed E-state index contributed by atoms with van der Waals surface area (Å²) in [4.78, 5) is 28.4. The maximum absolute atomic E-state index is 13.1. The van der Waals surface area contributed by atoms with Gasteiger partial charge in [0, 0.05) is 24.0 Å². The number of nitrogens with zero attached hydrogens (tertiary/aromatic N) is 2. The summed E-state index contributed by atoms with van der Waals surface area (Å²) in [6, 6.07) is 3.04. The van der Waals surface area contributed by atoms with Crippen LogP contribution >= 0.6 is 11.8 Å². The van der Waals surface area contributed by atoms with Crippen molar-refractivity contribution in [3.05, 3.63) is 41.2 Å². The molecule has 2 N–H and O–H groups in total. The highest BCUT2D eigenvalue weighted by molar-refractivity contribution is 7.99. The number of aromatic nitrogens is 2. The van der Waals surface area contributed by atoms with Gasteiger partial charge in [0.05, 0.1) is 18.0 Å². The molecular formula is C19H24F2N4O2S. The Bertz CT molecular complexity index is 868. The van der Waals surface area contributed by atoms with Crippen LogP contribution < -0.4 is 10.6 Å². The summed E-state index contributed by atoms with van der Waals surface area (Å²) in [5.41, 5.74) is 2.12. The van der Waals surface area contributed by atoms with E-state index in [4.69, 9.17) is 0 Å². The third-order valence-corrected chi connectivity index (χ3v) is 4.93. The zero-order chi connectivity index (χ0) is 20.8. The molecule has 0 atom stereocenters. The van der Waals surface area contributed by atoms with E-state index in [1.54, 1.807) is 0 Å². The number of amides is 2.